The maximum absolute atomic E-state index is 11.6. The van der Waals surface area contributed by atoms with E-state index in [0.29, 0.717) is 28.8 Å². The highest BCUT2D eigenvalue weighted by atomic mass is 35.5. The van der Waals surface area contributed by atoms with E-state index in [9.17, 15) is 9.59 Å². The molecule has 0 saturated carbocycles. The summed E-state index contributed by atoms with van der Waals surface area (Å²) in [5.74, 6) is -0.369. The molecule has 0 aliphatic carbocycles. The van der Waals surface area contributed by atoms with Gasteiger partial charge in [-0.3, -0.25) is 10.2 Å². The Hall–Kier alpha value is -1.50. The highest BCUT2D eigenvalue weighted by Crippen LogP contribution is 2.24. The summed E-state index contributed by atoms with van der Waals surface area (Å²) >= 11 is 11.6. The predicted octanol–water partition coefficient (Wildman–Crippen LogP) is 2.33. The smallest absolute Gasteiger partial charge is 0.337 e. The second kappa shape index (κ2) is 6.78. The molecule has 1 aliphatic rings. The van der Waals surface area contributed by atoms with Gasteiger partial charge in [0.2, 0.25) is 0 Å². The van der Waals surface area contributed by atoms with Crippen LogP contribution in [0.2, 0.25) is 10.0 Å². The minimum Gasteiger partial charge on any atom is -0.368 e. The van der Waals surface area contributed by atoms with Gasteiger partial charge in [0.1, 0.15) is 6.10 Å². The van der Waals surface area contributed by atoms with Crippen molar-refractivity contribution in [2.75, 3.05) is 11.9 Å². The van der Waals surface area contributed by atoms with Crippen molar-refractivity contribution < 1.29 is 14.3 Å². The maximum Gasteiger partial charge on any atom is 0.337 e. The molecular formula is C12H13Cl2N3O3. The third-order valence-corrected chi connectivity index (χ3v) is 3.44. The monoisotopic (exact) mass is 317 g/mol. The normalized spacial score (nSPS) is 17.6. The van der Waals surface area contributed by atoms with Crippen LogP contribution >= 0.6 is 23.2 Å². The molecule has 1 atom stereocenters. The topological polar surface area (TPSA) is 79.5 Å². The molecule has 0 radical (unpaired) electrons. The minimum absolute atomic E-state index is 0.327. The van der Waals surface area contributed by atoms with E-state index in [1.807, 2.05) is 0 Å². The fourth-order valence-corrected chi connectivity index (χ4v) is 2.02. The molecule has 1 aromatic carbocycles. The predicted molar refractivity (Wildman–Crippen MR) is 75.7 cm³/mol. The van der Waals surface area contributed by atoms with Gasteiger partial charge in [0.15, 0.2) is 0 Å². The lowest BCUT2D eigenvalue weighted by Gasteiger charge is -2.12. The number of carbonyl (C=O) groups excluding carboxylic acids is 2. The molecule has 1 heterocycles. The van der Waals surface area contributed by atoms with Gasteiger partial charge in [-0.2, -0.15) is 0 Å². The van der Waals surface area contributed by atoms with E-state index in [0.717, 1.165) is 6.42 Å². The molecule has 2 rings (SSSR count). The lowest BCUT2D eigenvalue weighted by molar-refractivity contribution is -0.130. The number of nitrogens with one attached hydrogen (secondary N) is 3. The number of amides is 3. The number of rotatable bonds is 2. The zero-order chi connectivity index (χ0) is 14.5. The van der Waals surface area contributed by atoms with E-state index in [2.05, 4.69) is 16.2 Å². The van der Waals surface area contributed by atoms with E-state index in [1.165, 1.54) is 6.07 Å². The van der Waals surface area contributed by atoms with Gasteiger partial charge in [-0.25, -0.2) is 10.2 Å². The number of halogens is 2. The second-order valence-corrected chi connectivity index (χ2v) is 5.01. The summed E-state index contributed by atoms with van der Waals surface area (Å²) in [5.41, 5.74) is 4.98. The van der Waals surface area contributed by atoms with E-state index < -0.39 is 12.1 Å². The molecule has 108 valence electrons. The summed E-state index contributed by atoms with van der Waals surface area (Å²) in [6.07, 6.45) is 0.996. The van der Waals surface area contributed by atoms with Crippen molar-refractivity contribution in [3.63, 3.8) is 0 Å². The zero-order valence-electron chi connectivity index (χ0n) is 10.4. The van der Waals surface area contributed by atoms with Gasteiger partial charge in [-0.1, -0.05) is 23.2 Å². The number of urea groups is 1. The molecular weight excluding hydrogens is 305 g/mol. The first-order valence-electron chi connectivity index (χ1n) is 6.00. The van der Waals surface area contributed by atoms with Crippen LogP contribution in [0.25, 0.3) is 0 Å². The Kier molecular flexibility index (Phi) is 5.05. The Labute approximate surface area is 125 Å². The highest BCUT2D eigenvalue weighted by Gasteiger charge is 2.23. The van der Waals surface area contributed by atoms with E-state index in [1.54, 1.807) is 12.1 Å². The molecule has 1 unspecified atom stereocenters. The van der Waals surface area contributed by atoms with Gasteiger partial charge in [0.05, 0.1) is 10.0 Å². The van der Waals surface area contributed by atoms with Crippen LogP contribution < -0.4 is 16.2 Å². The van der Waals surface area contributed by atoms with Crippen molar-refractivity contribution in [3.8, 4) is 0 Å². The first kappa shape index (κ1) is 14.9. The Morgan fingerprint density at radius 1 is 1.20 bits per heavy atom. The standard InChI is InChI=1S/C12H13Cl2N3O3/c13-8-4-3-7(6-9(8)14)15-12(19)17-16-11(18)10-2-1-5-20-10/h3-4,6,10H,1-2,5H2,(H,16,18)(H2,15,17,19). The average molecular weight is 318 g/mol. The number of benzene rings is 1. The van der Waals surface area contributed by atoms with Gasteiger partial charge in [0, 0.05) is 12.3 Å². The highest BCUT2D eigenvalue weighted by molar-refractivity contribution is 6.42. The van der Waals surface area contributed by atoms with E-state index in [4.69, 9.17) is 27.9 Å². The molecule has 0 bridgehead atoms. The maximum atomic E-state index is 11.6. The molecule has 3 N–H and O–H groups in total. The van der Waals surface area contributed by atoms with Crippen molar-refractivity contribution in [1.29, 1.82) is 0 Å². The van der Waals surface area contributed by atoms with Crippen molar-refractivity contribution >= 4 is 40.8 Å². The number of ether oxygens (including phenoxy) is 1. The molecule has 8 heteroatoms. The number of hydrazine groups is 1. The van der Waals surface area contributed by atoms with Gasteiger partial charge in [0.25, 0.3) is 5.91 Å². The summed E-state index contributed by atoms with van der Waals surface area (Å²) in [7, 11) is 0. The van der Waals surface area contributed by atoms with E-state index in [-0.39, 0.29) is 5.91 Å². The van der Waals surface area contributed by atoms with Crippen LogP contribution in [0.4, 0.5) is 10.5 Å². The summed E-state index contributed by atoms with van der Waals surface area (Å²) in [6.45, 7) is 0.563. The summed E-state index contributed by atoms with van der Waals surface area (Å²) < 4.78 is 5.18. The lowest BCUT2D eigenvalue weighted by Crippen LogP contribution is -2.47. The summed E-state index contributed by atoms with van der Waals surface area (Å²) in [6, 6.07) is 4.07. The van der Waals surface area contributed by atoms with Crippen LogP contribution in [0.15, 0.2) is 18.2 Å². The third kappa shape index (κ3) is 4.00. The minimum atomic E-state index is -0.588. The number of anilines is 1. The number of hydrogen-bond acceptors (Lipinski definition) is 3. The van der Waals surface area contributed by atoms with Crippen LogP contribution in [0.5, 0.6) is 0 Å². The van der Waals surface area contributed by atoms with Gasteiger partial charge in [-0.15, -0.1) is 0 Å². The van der Waals surface area contributed by atoms with Gasteiger partial charge >= 0.3 is 6.03 Å². The molecule has 1 aromatic rings. The molecule has 3 amide bonds. The van der Waals surface area contributed by atoms with Crippen LogP contribution in [0.3, 0.4) is 0 Å². The van der Waals surface area contributed by atoms with Crippen LogP contribution in [-0.4, -0.2) is 24.6 Å². The SMILES string of the molecule is O=C(NNC(=O)C1CCCO1)Nc1ccc(Cl)c(Cl)c1. The van der Waals surface area contributed by atoms with Crippen LogP contribution in [0, 0.1) is 0 Å². The zero-order valence-corrected chi connectivity index (χ0v) is 11.9. The van der Waals surface area contributed by atoms with Crippen molar-refractivity contribution in [3.05, 3.63) is 28.2 Å². The number of carbonyl (C=O) groups is 2. The van der Waals surface area contributed by atoms with Crippen molar-refractivity contribution in [2.24, 2.45) is 0 Å². The molecule has 20 heavy (non-hydrogen) atoms. The quantitative estimate of drug-likeness (QED) is 0.732. The first-order valence-corrected chi connectivity index (χ1v) is 6.75. The number of hydrogen-bond donors (Lipinski definition) is 3. The molecule has 0 spiro atoms. The van der Waals surface area contributed by atoms with Crippen molar-refractivity contribution in [2.45, 2.75) is 18.9 Å². The molecule has 1 aliphatic heterocycles. The van der Waals surface area contributed by atoms with Crippen molar-refractivity contribution in [1.82, 2.24) is 10.9 Å². The molecule has 0 aromatic heterocycles. The molecule has 1 saturated heterocycles. The Balaban J connectivity index is 1.80. The largest absolute Gasteiger partial charge is 0.368 e. The lowest BCUT2D eigenvalue weighted by atomic mass is 10.2. The Bertz CT molecular complexity index is 519. The third-order valence-electron chi connectivity index (χ3n) is 2.70. The molecule has 1 fully saturated rings. The van der Waals surface area contributed by atoms with Crippen LogP contribution in [0.1, 0.15) is 12.8 Å². The molecule has 6 nitrogen and oxygen atoms in total. The Morgan fingerprint density at radius 3 is 2.65 bits per heavy atom. The van der Waals surface area contributed by atoms with Crippen LogP contribution in [-0.2, 0) is 9.53 Å². The second-order valence-electron chi connectivity index (χ2n) is 4.20. The van der Waals surface area contributed by atoms with Gasteiger partial charge in [-0.05, 0) is 31.0 Å². The summed E-state index contributed by atoms with van der Waals surface area (Å²) in [4.78, 5) is 23.2. The first-order chi connectivity index (χ1) is 9.56. The van der Waals surface area contributed by atoms with Gasteiger partial charge < -0.3 is 10.1 Å². The average Bonchev–Trinajstić information content (AvgIpc) is 2.94. The summed E-state index contributed by atoms with van der Waals surface area (Å²) in [5, 5.41) is 3.23. The van der Waals surface area contributed by atoms with E-state index >= 15 is 0 Å². The fourth-order valence-electron chi connectivity index (χ4n) is 1.72. The Morgan fingerprint density at radius 2 is 2.00 bits per heavy atom. The fraction of sp³-hybridized carbons (Fsp3) is 0.333.